The predicted molar refractivity (Wildman–Crippen MR) is 75.3 cm³/mol. The van der Waals surface area contributed by atoms with Gasteiger partial charge in [-0.25, -0.2) is 4.98 Å². The first-order chi connectivity index (χ1) is 8.79. The van der Waals surface area contributed by atoms with Gasteiger partial charge < -0.3 is 10.6 Å². The summed E-state index contributed by atoms with van der Waals surface area (Å²) in [6, 6.07) is 10.0. The van der Waals surface area contributed by atoms with Gasteiger partial charge in [0.15, 0.2) is 0 Å². The summed E-state index contributed by atoms with van der Waals surface area (Å²) in [5.41, 5.74) is 2.26. The van der Waals surface area contributed by atoms with Crippen LogP contribution in [0.5, 0.6) is 0 Å². The van der Waals surface area contributed by atoms with Crippen LogP contribution in [-0.2, 0) is 0 Å². The molecular weight excluding hydrogens is 224 g/mol. The Morgan fingerprint density at radius 3 is 2.78 bits per heavy atom. The molecule has 0 unspecified atom stereocenters. The van der Waals surface area contributed by atoms with Crippen molar-refractivity contribution in [2.24, 2.45) is 0 Å². The average Bonchev–Trinajstić information content (AvgIpc) is 2.40. The first-order valence-corrected chi connectivity index (χ1v) is 6.19. The van der Waals surface area contributed by atoms with E-state index >= 15 is 0 Å². The maximum absolute atomic E-state index is 4.41. The molecule has 2 N–H and O–H groups in total. The lowest BCUT2D eigenvalue weighted by Crippen LogP contribution is -2.05. The first-order valence-electron chi connectivity index (χ1n) is 6.19. The lowest BCUT2D eigenvalue weighted by atomic mass is 10.2. The Balaban J connectivity index is 2.12. The van der Waals surface area contributed by atoms with Gasteiger partial charge in [-0.3, -0.25) is 0 Å². The third-order valence-corrected chi connectivity index (χ3v) is 2.60. The van der Waals surface area contributed by atoms with Crippen LogP contribution in [0.25, 0.3) is 0 Å². The Morgan fingerprint density at radius 2 is 2.00 bits per heavy atom. The highest BCUT2D eigenvalue weighted by molar-refractivity contribution is 5.60. The SMILES string of the molecule is CCCNc1nccc(Nc2ccccc2C)n1. The van der Waals surface area contributed by atoms with Gasteiger partial charge in [0.1, 0.15) is 5.82 Å². The van der Waals surface area contributed by atoms with Crippen LogP contribution >= 0.6 is 0 Å². The van der Waals surface area contributed by atoms with Crippen LogP contribution in [0.15, 0.2) is 36.5 Å². The fourth-order valence-corrected chi connectivity index (χ4v) is 1.60. The largest absolute Gasteiger partial charge is 0.354 e. The van der Waals surface area contributed by atoms with Gasteiger partial charge in [0.25, 0.3) is 0 Å². The summed E-state index contributed by atoms with van der Waals surface area (Å²) < 4.78 is 0. The van der Waals surface area contributed by atoms with Crippen LogP contribution in [0.2, 0.25) is 0 Å². The number of aromatic nitrogens is 2. The molecule has 4 nitrogen and oxygen atoms in total. The molecule has 0 atom stereocenters. The zero-order valence-corrected chi connectivity index (χ0v) is 10.8. The summed E-state index contributed by atoms with van der Waals surface area (Å²) in [5.74, 6) is 1.47. The monoisotopic (exact) mass is 242 g/mol. The highest BCUT2D eigenvalue weighted by atomic mass is 15.1. The van der Waals surface area contributed by atoms with E-state index < -0.39 is 0 Å². The number of para-hydroxylation sites is 1. The summed E-state index contributed by atoms with van der Waals surface area (Å²) >= 11 is 0. The van der Waals surface area contributed by atoms with Gasteiger partial charge in [-0.15, -0.1) is 0 Å². The van der Waals surface area contributed by atoms with E-state index in [0.29, 0.717) is 5.95 Å². The van der Waals surface area contributed by atoms with Gasteiger partial charge in [-0.05, 0) is 31.0 Å². The molecule has 0 amide bonds. The molecule has 94 valence electrons. The minimum atomic E-state index is 0.662. The van der Waals surface area contributed by atoms with Crippen molar-refractivity contribution >= 4 is 17.5 Å². The molecule has 0 aliphatic carbocycles. The smallest absolute Gasteiger partial charge is 0.224 e. The van der Waals surface area contributed by atoms with Gasteiger partial charge in [0, 0.05) is 18.4 Å². The maximum Gasteiger partial charge on any atom is 0.224 e. The number of hydrogen-bond donors (Lipinski definition) is 2. The second-order valence-electron chi connectivity index (χ2n) is 4.13. The van der Waals surface area contributed by atoms with Crippen LogP contribution in [0.4, 0.5) is 17.5 Å². The molecule has 0 aliphatic rings. The topological polar surface area (TPSA) is 49.8 Å². The van der Waals surface area contributed by atoms with E-state index in [1.54, 1.807) is 6.20 Å². The van der Waals surface area contributed by atoms with Crippen LogP contribution < -0.4 is 10.6 Å². The van der Waals surface area contributed by atoms with Crippen molar-refractivity contribution < 1.29 is 0 Å². The van der Waals surface area contributed by atoms with Crippen molar-refractivity contribution in [3.05, 3.63) is 42.1 Å². The molecule has 0 fully saturated rings. The Bertz CT molecular complexity index is 511. The quantitative estimate of drug-likeness (QED) is 0.844. The summed E-state index contributed by atoms with van der Waals surface area (Å²) in [6.45, 7) is 5.07. The molecule has 2 aromatic rings. The standard InChI is InChI=1S/C14H18N4/c1-3-9-15-14-16-10-8-13(18-14)17-12-7-5-4-6-11(12)2/h4-8,10H,3,9H2,1-2H3,(H2,15,16,17,18). The van der Waals surface area contributed by atoms with Gasteiger partial charge in [-0.2, -0.15) is 4.98 Å². The fraction of sp³-hybridized carbons (Fsp3) is 0.286. The second kappa shape index (κ2) is 6.00. The van der Waals surface area contributed by atoms with Gasteiger partial charge in [0.05, 0.1) is 0 Å². The van der Waals surface area contributed by atoms with E-state index in [9.17, 15) is 0 Å². The summed E-state index contributed by atoms with van der Waals surface area (Å²) in [7, 11) is 0. The molecular formula is C14H18N4. The van der Waals surface area contributed by atoms with E-state index in [1.807, 2.05) is 24.3 Å². The Labute approximate surface area is 107 Å². The summed E-state index contributed by atoms with van der Waals surface area (Å²) in [6.07, 6.45) is 2.81. The Morgan fingerprint density at radius 1 is 1.17 bits per heavy atom. The van der Waals surface area contributed by atoms with E-state index in [0.717, 1.165) is 24.5 Å². The van der Waals surface area contributed by atoms with Crippen LogP contribution in [0, 0.1) is 6.92 Å². The fourth-order valence-electron chi connectivity index (χ4n) is 1.60. The summed E-state index contributed by atoms with van der Waals surface area (Å²) in [5, 5.41) is 6.47. The van der Waals surface area contributed by atoms with Crippen molar-refractivity contribution in [2.75, 3.05) is 17.2 Å². The Kier molecular flexibility index (Phi) is 4.12. The van der Waals surface area contributed by atoms with Crippen LogP contribution in [0.3, 0.4) is 0 Å². The van der Waals surface area contributed by atoms with E-state index in [2.05, 4.69) is 40.5 Å². The number of hydrogen-bond acceptors (Lipinski definition) is 4. The highest BCUT2D eigenvalue weighted by Crippen LogP contribution is 2.18. The van der Waals surface area contributed by atoms with Gasteiger partial charge >= 0.3 is 0 Å². The van der Waals surface area contributed by atoms with E-state index in [4.69, 9.17) is 0 Å². The molecule has 0 spiro atoms. The van der Waals surface area contributed by atoms with Crippen LogP contribution in [0.1, 0.15) is 18.9 Å². The van der Waals surface area contributed by atoms with Crippen molar-refractivity contribution in [3.8, 4) is 0 Å². The maximum atomic E-state index is 4.41. The lowest BCUT2D eigenvalue weighted by Gasteiger charge is -2.09. The predicted octanol–water partition coefficient (Wildman–Crippen LogP) is 3.35. The number of benzene rings is 1. The van der Waals surface area contributed by atoms with Crippen molar-refractivity contribution in [3.63, 3.8) is 0 Å². The normalized spacial score (nSPS) is 10.1. The zero-order valence-electron chi connectivity index (χ0n) is 10.8. The molecule has 2 rings (SSSR count). The van der Waals surface area contributed by atoms with Crippen LogP contribution in [-0.4, -0.2) is 16.5 Å². The Hall–Kier alpha value is -2.10. The third-order valence-electron chi connectivity index (χ3n) is 2.60. The minimum absolute atomic E-state index is 0.662. The molecule has 0 saturated carbocycles. The molecule has 4 heteroatoms. The van der Waals surface area contributed by atoms with Gasteiger partial charge in [-0.1, -0.05) is 25.1 Å². The lowest BCUT2D eigenvalue weighted by molar-refractivity contribution is 0.953. The van der Waals surface area contributed by atoms with E-state index in [-0.39, 0.29) is 0 Å². The zero-order chi connectivity index (χ0) is 12.8. The van der Waals surface area contributed by atoms with Crippen molar-refractivity contribution in [2.45, 2.75) is 20.3 Å². The average molecular weight is 242 g/mol. The molecule has 1 aromatic carbocycles. The molecule has 0 saturated heterocycles. The molecule has 1 aromatic heterocycles. The number of nitrogens with zero attached hydrogens (tertiary/aromatic N) is 2. The molecule has 0 radical (unpaired) electrons. The first kappa shape index (κ1) is 12.4. The molecule has 0 bridgehead atoms. The van der Waals surface area contributed by atoms with E-state index in [1.165, 1.54) is 5.56 Å². The molecule has 1 heterocycles. The number of rotatable bonds is 5. The van der Waals surface area contributed by atoms with Crippen molar-refractivity contribution in [1.82, 2.24) is 9.97 Å². The third kappa shape index (κ3) is 3.20. The minimum Gasteiger partial charge on any atom is -0.354 e. The molecule has 0 aliphatic heterocycles. The highest BCUT2D eigenvalue weighted by Gasteiger charge is 2.00. The number of anilines is 3. The number of aryl methyl sites for hydroxylation is 1. The summed E-state index contributed by atoms with van der Waals surface area (Å²) in [4.78, 5) is 8.59. The number of nitrogens with one attached hydrogen (secondary N) is 2. The molecule has 18 heavy (non-hydrogen) atoms. The van der Waals surface area contributed by atoms with Gasteiger partial charge in [0.2, 0.25) is 5.95 Å². The van der Waals surface area contributed by atoms with Crippen molar-refractivity contribution in [1.29, 1.82) is 0 Å². The second-order valence-corrected chi connectivity index (χ2v) is 4.13.